The number of oxazole rings is 1. The van der Waals surface area contributed by atoms with Gasteiger partial charge in [-0.25, -0.2) is 18.6 Å². The maximum absolute atomic E-state index is 13.9. The molecular formula is C27H24F2N4O3. The maximum atomic E-state index is 13.9. The normalized spacial score (nSPS) is 10.6. The van der Waals surface area contributed by atoms with Crippen molar-refractivity contribution in [3.8, 4) is 11.3 Å². The molecule has 0 atom stereocenters. The summed E-state index contributed by atoms with van der Waals surface area (Å²) < 4.78 is 32.5. The number of aryl methyl sites for hydroxylation is 2. The second kappa shape index (κ2) is 11.3. The highest BCUT2D eigenvalue weighted by atomic mass is 19.1. The van der Waals surface area contributed by atoms with Crippen LogP contribution in [0.1, 0.15) is 23.4 Å². The number of benzene rings is 3. The molecule has 0 aliphatic rings. The molecule has 0 unspecified atom stereocenters. The van der Waals surface area contributed by atoms with Gasteiger partial charge in [0.1, 0.15) is 11.6 Å². The molecule has 1 aromatic heterocycles. The third kappa shape index (κ3) is 6.75. The number of halogens is 2. The quantitative estimate of drug-likeness (QED) is 0.290. The molecule has 7 nitrogen and oxygen atoms in total. The van der Waals surface area contributed by atoms with E-state index in [0.29, 0.717) is 11.4 Å². The van der Waals surface area contributed by atoms with Crippen molar-refractivity contribution in [2.45, 2.75) is 26.3 Å². The highest BCUT2D eigenvalue weighted by molar-refractivity contribution is 5.99. The monoisotopic (exact) mass is 490 g/mol. The summed E-state index contributed by atoms with van der Waals surface area (Å²) in [6.45, 7) is 2.21. The second-order valence-corrected chi connectivity index (χ2v) is 8.17. The molecular weight excluding hydrogens is 466 g/mol. The molecule has 0 bridgehead atoms. The first-order valence-electron chi connectivity index (χ1n) is 11.3. The molecule has 0 spiro atoms. The van der Waals surface area contributed by atoms with Gasteiger partial charge in [0.2, 0.25) is 5.91 Å². The minimum atomic E-state index is -0.750. The molecule has 4 rings (SSSR count). The number of nitrogens with zero attached hydrogens (tertiary/aromatic N) is 1. The van der Waals surface area contributed by atoms with Gasteiger partial charge in [0, 0.05) is 36.8 Å². The zero-order valence-electron chi connectivity index (χ0n) is 19.5. The van der Waals surface area contributed by atoms with E-state index >= 15 is 0 Å². The van der Waals surface area contributed by atoms with Crippen molar-refractivity contribution in [3.05, 3.63) is 102 Å². The smallest absolute Gasteiger partial charge is 0.323 e. The average molecular weight is 491 g/mol. The van der Waals surface area contributed by atoms with E-state index in [-0.39, 0.29) is 48.5 Å². The standard InChI is InChI=1S/C27H24F2N4O3/c1-17-4-2-6-20(12-17)32-27(35)33-21-7-3-5-18(13-21)15-30-25(34)10-11-26-31-16-24(36-26)22-9-8-19(28)14-23(22)29/h2-9,12-14,16H,10-11,15H2,1H3,(H,30,34)(H2,32,33,35). The predicted octanol–water partition coefficient (Wildman–Crippen LogP) is 5.82. The molecule has 184 valence electrons. The minimum absolute atomic E-state index is 0.0978. The van der Waals surface area contributed by atoms with Crippen molar-refractivity contribution in [1.82, 2.24) is 10.3 Å². The molecule has 4 aromatic rings. The van der Waals surface area contributed by atoms with Gasteiger partial charge in [0.15, 0.2) is 11.7 Å². The van der Waals surface area contributed by atoms with E-state index in [2.05, 4.69) is 20.9 Å². The topological polar surface area (TPSA) is 96.3 Å². The van der Waals surface area contributed by atoms with Crippen LogP contribution >= 0.6 is 0 Å². The zero-order chi connectivity index (χ0) is 25.5. The summed E-state index contributed by atoms with van der Waals surface area (Å²) in [5.41, 5.74) is 3.22. The summed E-state index contributed by atoms with van der Waals surface area (Å²) in [6, 6.07) is 17.4. The number of carbonyl (C=O) groups excluding carboxylic acids is 2. The fourth-order valence-corrected chi connectivity index (χ4v) is 3.52. The Morgan fingerprint density at radius 2 is 1.69 bits per heavy atom. The van der Waals surface area contributed by atoms with E-state index < -0.39 is 11.6 Å². The molecule has 3 aromatic carbocycles. The number of nitrogens with one attached hydrogen (secondary N) is 3. The highest BCUT2D eigenvalue weighted by Crippen LogP contribution is 2.24. The molecule has 0 aliphatic carbocycles. The van der Waals surface area contributed by atoms with Crippen molar-refractivity contribution in [2.24, 2.45) is 0 Å². The number of hydrogen-bond donors (Lipinski definition) is 3. The average Bonchev–Trinajstić information content (AvgIpc) is 3.30. The number of aromatic nitrogens is 1. The first-order chi connectivity index (χ1) is 17.4. The van der Waals surface area contributed by atoms with Crippen LogP contribution in [0.3, 0.4) is 0 Å². The minimum Gasteiger partial charge on any atom is -0.441 e. The lowest BCUT2D eigenvalue weighted by atomic mass is 10.2. The van der Waals surface area contributed by atoms with Crippen molar-refractivity contribution in [3.63, 3.8) is 0 Å². The maximum Gasteiger partial charge on any atom is 0.323 e. The number of rotatable bonds is 8. The van der Waals surface area contributed by atoms with Crippen molar-refractivity contribution >= 4 is 23.3 Å². The second-order valence-electron chi connectivity index (χ2n) is 8.17. The van der Waals surface area contributed by atoms with E-state index in [1.165, 1.54) is 12.3 Å². The summed E-state index contributed by atoms with van der Waals surface area (Å²) in [5, 5.41) is 8.37. The summed E-state index contributed by atoms with van der Waals surface area (Å²) in [4.78, 5) is 28.6. The van der Waals surface area contributed by atoms with E-state index in [1.807, 2.05) is 31.2 Å². The number of urea groups is 1. The molecule has 0 aliphatic heterocycles. The summed E-state index contributed by atoms with van der Waals surface area (Å²) >= 11 is 0. The third-order valence-electron chi connectivity index (χ3n) is 5.27. The number of anilines is 2. The Kier molecular flexibility index (Phi) is 7.69. The lowest BCUT2D eigenvalue weighted by Gasteiger charge is -2.10. The van der Waals surface area contributed by atoms with Gasteiger partial charge in [-0.15, -0.1) is 0 Å². The largest absolute Gasteiger partial charge is 0.441 e. The van der Waals surface area contributed by atoms with Crippen LogP contribution in [0.2, 0.25) is 0 Å². The van der Waals surface area contributed by atoms with Crippen molar-refractivity contribution in [2.75, 3.05) is 10.6 Å². The van der Waals surface area contributed by atoms with Crippen molar-refractivity contribution < 1.29 is 22.8 Å². The number of carbonyl (C=O) groups is 2. The highest BCUT2D eigenvalue weighted by Gasteiger charge is 2.13. The van der Waals surface area contributed by atoms with Gasteiger partial charge in [-0.3, -0.25) is 4.79 Å². The third-order valence-corrected chi connectivity index (χ3v) is 5.27. The Bertz CT molecular complexity index is 1390. The van der Waals surface area contributed by atoms with Gasteiger partial charge in [0.05, 0.1) is 11.8 Å². The van der Waals surface area contributed by atoms with Crippen LogP contribution in [0.5, 0.6) is 0 Å². The Balaban J connectivity index is 1.25. The van der Waals surface area contributed by atoms with Crippen molar-refractivity contribution in [1.29, 1.82) is 0 Å². The summed E-state index contributed by atoms with van der Waals surface area (Å²) in [5.74, 6) is -1.22. The fraction of sp³-hybridized carbons (Fsp3) is 0.148. The molecule has 1 heterocycles. The van der Waals surface area contributed by atoms with Gasteiger partial charge >= 0.3 is 6.03 Å². The number of hydrogen-bond acceptors (Lipinski definition) is 4. The molecule has 9 heteroatoms. The zero-order valence-corrected chi connectivity index (χ0v) is 19.5. The van der Waals surface area contributed by atoms with Gasteiger partial charge in [-0.05, 0) is 54.4 Å². The molecule has 0 saturated heterocycles. The van der Waals surface area contributed by atoms with Gasteiger partial charge < -0.3 is 20.4 Å². The van der Waals surface area contributed by atoms with Gasteiger partial charge in [-0.1, -0.05) is 24.3 Å². The number of amides is 3. The first-order valence-corrected chi connectivity index (χ1v) is 11.3. The van der Waals surface area contributed by atoms with Crippen LogP contribution in [0.25, 0.3) is 11.3 Å². The predicted molar refractivity (Wildman–Crippen MR) is 132 cm³/mol. The van der Waals surface area contributed by atoms with Crippen LogP contribution in [0.4, 0.5) is 25.0 Å². The van der Waals surface area contributed by atoms with Crippen LogP contribution in [0.15, 0.2) is 77.3 Å². The Morgan fingerprint density at radius 3 is 2.44 bits per heavy atom. The fourth-order valence-electron chi connectivity index (χ4n) is 3.52. The van der Waals surface area contributed by atoms with Crippen LogP contribution in [-0.4, -0.2) is 16.9 Å². The summed E-state index contributed by atoms with van der Waals surface area (Å²) in [6.07, 6.45) is 1.68. The van der Waals surface area contributed by atoms with E-state index in [1.54, 1.807) is 24.3 Å². The molecule has 0 fully saturated rings. The summed E-state index contributed by atoms with van der Waals surface area (Å²) in [7, 11) is 0. The van der Waals surface area contributed by atoms with Crippen LogP contribution in [0, 0.1) is 18.6 Å². The molecule has 0 radical (unpaired) electrons. The Labute approximate surface area is 206 Å². The van der Waals surface area contributed by atoms with E-state index in [0.717, 1.165) is 23.3 Å². The lowest BCUT2D eigenvalue weighted by molar-refractivity contribution is -0.121. The van der Waals surface area contributed by atoms with E-state index in [4.69, 9.17) is 4.42 Å². The van der Waals surface area contributed by atoms with Gasteiger partial charge in [-0.2, -0.15) is 0 Å². The SMILES string of the molecule is Cc1cccc(NC(=O)Nc2cccc(CNC(=O)CCc3ncc(-c4ccc(F)cc4F)o3)c2)c1. The first kappa shape index (κ1) is 24.6. The lowest BCUT2D eigenvalue weighted by Crippen LogP contribution is -2.23. The Hall–Kier alpha value is -4.53. The van der Waals surface area contributed by atoms with E-state index in [9.17, 15) is 18.4 Å². The van der Waals surface area contributed by atoms with Crippen LogP contribution in [-0.2, 0) is 17.8 Å². The molecule has 36 heavy (non-hydrogen) atoms. The molecule has 3 amide bonds. The molecule has 3 N–H and O–H groups in total. The Morgan fingerprint density at radius 1 is 0.944 bits per heavy atom. The van der Waals surface area contributed by atoms with Crippen LogP contribution < -0.4 is 16.0 Å². The molecule has 0 saturated carbocycles. The van der Waals surface area contributed by atoms with Gasteiger partial charge in [0.25, 0.3) is 0 Å².